The topological polar surface area (TPSA) is 61.7 Å². The van der Waals surface area contributed by atoms with Gasteiger partial charge in [-0.05, 0) is 18.6 Å². The van der Waals surface area contributed by atoms with Crippen molar-refractivity contribution in [3.8, 4) is 5.75 Å². The summed E-state index contributed by atoms with van der Waals surface area (Å²) >= 11 is 0. The smallest absolute Gasteiger partial charge is 0.167 e. The summed E-state index contributed by atoms with van der Waals surface area (Å²) in [6, 6.07) is 6.73. The SMILES string of the molecule is CCC1=C(Nc2cccc(O)c2)N=CCC1=O. The minimum Gasteiger partial charge on any atom is -0.508 e. The van der Waals surface area contributed by atoms with Crippen LogP contribution < -0.4 is 5.32 Å². The Morgan fingerprint density at radius 1 is 1.47 bits per heavy atom. The van der Waals surface area contributed by atoms with Crippen LogP contribution in [0.1, 0.15) is 19.8 Å². The lowest BCUT2D eigenvalue weighted by atomic mass is 10.0. The van der Waals surface area contributed by atoms with Crippen molar-refractivity contribution >= 4 is 17.7 Å². The number of aromatic hydroxyl groups is 1. The first-order valence-corrected chi connectivity index (χ1v) is 5.55. The molecule has 1 aromatic carbocycles. The van der Waals surface area contributed by atoms with Gasteiger partial charge in [0.25, 0.3) is 0 Å². The average Bonchev–Trinajstić information content (AvgIpc) is 2.29. The van der Waals surface area contributed by atoms with Crippen molar-refractivity contribution in [1.29, 1.82) is 0 Å². The minimum atomic E-state index is 0.102. The van der Waals surface area contributed by atoms with Crippen LogP contribution in [0.5, 0.6) is 5.75 Å². The van der Waals surface area contributed by atoms with Crippen molar-refractivity contribution in [3.63, 3.8) is 0 Å². The van der Waals surface area contributed by atoms with E-state index in [4.69, 9.17) is 0 Å². The van der Waals surface area contributed by atoms with Crippen molar-refractivity contribution in [2.75, 3.05) is 5.32 Å². The van der Waals surface area contributed by atoms with Crippen molar-refractivity contribution in [2.24, 2.45) is 4.99 Å². The van der Waals surface area contributed by atoms with Crippen LogP contribution in [0.2, 0.25) is 0 Å². The highest BCUT2D eigenvalue weighted by Crippen LogP contribution is 2.22. The molecule has 4 heteroatoms. The Morgan fingerprint density at radius 3 is 3.00 bits per heavy atom. The van der Waals surface area contributed by atoms with Gasteiger partial charge in [-0.15, -0.1) is 0 Å². The molecule has 0 atom stereocenters. The van der Waals surface area contributed by atoms with Crippen molar-refractivity contribution in [3.05, 3.63) is 35.7 Å². The number of nitrogens with zero attached hydrogens (tertiary/aromatic N) is 1. The molecule has 0 spiro atoms. The first-order chi connectivity index (χ1) is 8.20. The van der Waals surface area contributed by atoms with E-state index in [2.05, 4.69) is 10.3 Å². The molecule has 0 saturated heterocycles. The van der Waals surface area contributed by atoms with Crippen molar-refractivity contribution in [1.82, 2.24) is 0 Å². The van der Waals surface area contributed by atoms with Gasteiger partial charge in [-0.2, -0.15) is 0 Å². The molecule has 1 aliphatic rings. The Bertz CT molecular complexity index is 504. The fraction of sp³-hybridized carbons (Fsp3) is 0.231. The van der Waals surface area contributed by atoms with E-state index in [0.717, 1.165) is 5.69 Å². The van der Waals surface area contributed by atoms with Crippen molar-refractivity contribution < 1.29 is 9.90 Å². The Labute approximate surface area is 99.7 Å². The summed E-state index contributed by atoms with van der Waals surface area (Å²) in [6.45, 7) is 1.93. The summed E-state index contributed by atoms with van der Waals surface area (Å²) in [5, 5.41) is 12.4. The maximum Gasteiger partial charge on any atom is 0.167 e. The van der Waals surface area contributed by atoms with Gasteiger partial charge in [-0.3, -0.25) is 4.79 Å². The number of hydrogen-bond donors (Lipinski definition) is 2. The Hall–Kier alpha value is -2.10. The van der Waals surface area contributed by atoms with Crippen molar-refractivity contribution in [2.45, 2.75) is 19.8 Å². The number of nitrogens with one attached hydrogen (secondary N) is 1. The molecule has 17 heavy (non-hydrogen) atoms. The van der Waals surface area contributed by atoms with E-state index < -0.39 is 0 Å². The van der Waals surface area contributed by atoms with E-state index in [9.17, 15) is 9.90 Å². The van der Waals surface area contributed by atoms with E-state index in [1.54, 1.807) is 24.4 Å². The molecule has 1 aliphatic heterocycles. The molecule has 0 bridgehead atoms. The summed E-state index contributed by atoms with van der Waals surface area (Å²) in [5.41, 5.74) is 1.42. The van der Waals surface area contributed by atoms with Gasteiger partial charge in [0.2, 0.25) is 0 Å². The second kappa shape index (κ2) is 4.82. The third-order valence-electron chi connectivity index (χ3n) is 2.58. The summed E-state index contributed by atoms with van der Waals surface area (Å²) in [6.07, 6.45) is 2.62. The Kier molecular flexibility index (Phi) is 3.23. The summed E-state index contributed by atoms with van der Waals surface area (Å²) in [7, 11) is 0. The molecule has 0 aromatic heterocycles. The number of carbonyl (C=O) groups is 1. The second-order valence-electron chi connectivity index (χ2n) is 3.80. The third kappa shape index (κ3) is 2.53. The number of Topliss-reactive ketones (excluding diaryl/α,β-unsaturated/α-hetero) is 1. The van der Waals surface area contributed by atoms with E-state index in [-0.39, 0.29) is 11.5 Å². The monoisotopic (exact) mass is 230 g/mol. The number of benzene rings is 1. The molecule has 0 radical (unpaired) electrons. The van der Waals surface area contributed by atoms with Gasteiger partial charge in [-0.1, -0.05) is 13.0 Å². The molecule has 1 aromatic rings. The number of allylic oxidation sites excluding steroid dienone is 1. The van der Waals surface area contributed by atoms with Gasteiger partial charge in [0.05, 0.1) is 0 Å². The van der Waals surface area contributed by atoms with Crippen LogP contribution in [0, 0.1) is 0 Å². The molecule has 4 nitrogen and oxygen atoms in total. The Morgan fingerprint density at radius 2 is 2.29 bits per heavy atom. The maximum atomic E-state index is 11.7. The van der Waals surface area contributed by atoms with Gasteiger partial charge in [0.1, 0.15) is 11.6 Å². The lowest BCUT2D eigenvalue weighted by molar-refractivity contribution is -0.114. The molecular formula is C13H14N2O2. The highest BCUT2D eigenvalue weighted by Gasteiger charge is 2.16. The third-order valence-corrected chi connectivity index (χ3v) is 2.58. The summed E-state index contributed by atoms with van der Waals surface area (Å²) in [5.74, 6) is 0.860. The lowest BCUT2D eigenvalue weighted by Gasteiger charge is -2.14. The van der Waals surface area contributed by atoms with Gasteiger partial charge in [0, 0.05) is 30.0 Å². The largest absolute Gasteiger partial charge is 0.508 e. The molecule has 0 fully saturated rings. The van der Waals surface area contributed by atoms with E-state index in [0.29, 0.717) is 24.2 Å². The fourth-order valence-electron chi connectivity index (χ4n) is 1.75. The van der Waals surface area contributed by atoms with E-state index >= 15 is 0 Å². The molecule has 0 aliphatic carbocycles. The van der Waals surface area contributed by atoms with E-state index in [1.165, 1.54) is 0 Å². The minimum absolute atomic E-state index is 0.102. The zero-order valence-corrected chi connectivity index (χ0v) is 9.60. The average molecular weight is 230 g/mol. The van der Waals surface area contributed by atoms with Gasteiger partial charge in [-0.25, -0.2) is 4.99 Å². The number of carbonyl (C=O) groups excluding carboxylic acids is 1. The molecule has 0 amide bonds. The second-order valence-corrected chi connectivity index (χ2v) is 3.80. The normalized spacial score (nSPS) is 15.2. The predicted molar refractivity (Wildman–Crippen MR) is 67.2 cm³/mol. The molecular weight excluding hydrogens is 216 g/mol. The first-order valence-electron chi connectivity index (χ1n) is 5.55. The number of hydrogen-bond acceptors (Lipinski definition) is 4. The zero-order valence-electron chi connectivity index (χ0n) is 9.60. The molecule has 2 N–H and O–H groups in total. The van der Waals surface area contributed by atoms with Crippen LogP contribution >= 0.6 is 0 Å². The number of aliphatic imine (C=N–C) groups is 1. The summed E-state index contributed by atoms with van der Waals surface area (Å²) in [4.78, 5) is 15.9. The highest BCUT2D eigenvalue weighted by molar-refractivity contribution is 6.06. The maximum absolute atomic E-state index is 11.7. The van der Waals surface area contributed by atoms with Crippen LogP contribution in [0.3, 0.4) is 0 Å². The molecule has 1 heterocycles. The quantitative estimate of drug-likeness (QED) is 0.838. The first kappa shape index (κ1) is 11.4. The van der Waals surface area contributed by atoms with Gasteiger partial charge in [0.15, 0.2) is 5.78 Å². The molecule has 2 rings (SSSR count). The predicted octanol–water partition coefficient (Wildman–Crippen LogP) is 2.47. The fourth-order valence-corrected chi connectivity index (χ4v) is 1.75. The molecule has 88 valence electrons. The highest BCUT2D eigenvalue weighted by atomic mass is 16.3. The van der Waals surface area contributed by atoms with Crippen LogP contribution in [0.25, 0.3) is 0 Å². The number of anilines is 1. The van der Waals surface area contributed by atoms with Crippen LogP contribution in [0.15, 0.2) is 40.7 Å². The standard InChI is InChI=1S/C13H14N2O2/c1-2-11-12(17)6-7-14-13(11)15-9-4-3-5-10(16)8-9/h3-5,7-8,15-16H,2,6H2,1H3. The lowest BCUT2D eigenvalue weighted by Crippen LogP contribution is -2.14. The van der Waals surface area contributed by atoms with E-state index in [1.807, 2.05) is 13.0 Å². The number of rotatable bonds is 3. The van der Waals surface area contributed by atoms with Gasteiger partial charge < -0.3 is 10.4 Å². The number of phenols is 1. The summed E-state index contributed by atoms with van der Waals surface area (Å²) < 4.78 is 0. The molecule has 0 unspecified atom stereocenters. The zero-order chi connectivity index (χ0) is 12.3. The Balaban J connectivity index is 2.28. The van der Waals surface area contributed by atoms with Crippen LogP contribution in [0.4, 0.5) is 5.69 Å². The van der Waals surface area contributed by atoms with Gasteiger partial charge >= 0.3 is 0 Å². The number of phenolic OH excluding ortho intramolecular Hbond substituents is 1. The number of ketones is 1. The molecule has 0 saturated carbocycles. The van der Waals surface area contributed by atoms with Crippen LogP contribution in [-0.4, -0.2) is 17.1 Å². The van der Waals surface area contributed by atoms with Crippen LogP contribution in [-0.2, 0) is 4.79 Å².